The monoisotopic (exact) mass is 231 g/mol. The van der Waals surface area contributed by atoms with Gasteiger partial charge in [-0.2, -0.15) is 0 Å². The van der Waals surface area contributed by atoms with Gasteiger partial charge in [-0.25, -0.2) is 0 Å². The topological polar surface area (TPSA) is 46.2 Å². The van der Waals surface area contributed by atoms with Crippen molar-refractivity contribution in [1.29, 1.82) is 0 Å². The molecule has 2 aliphatic carbocycles. The van der Waals surface area contributed by atoms with E-state index in [0.717, 1.165) is 32.1 Å². The van der Waals surface area contributed by atoms with Gasteiger partial charge in [0, 0.05) is 12.0 Å². The van der Waals surface area contributed by atoms with Crippen molar-refractivity contribution < 1.29 is 5.11 Å². The van der Waals surface area contributed by atoms with Crippen LogP contribution in [-0.2, 0) is 11.8 Å². The van der Waals surface area contributed by atoms with E-state index < -0.39 is 5.60 Å². The molecule has 1 saturated carbocycles. The van der Waals surface area contributed by atoms with Crippen molar-refractivity contribution in [2.45, 2.75) is 49.5 Å². The standard InChI is InChI=1S/C15H21NO/c16-11-14(15(17)8-4-1-5-9-15)10-12-6-2-3-7-13(12)14/h2-3,6-7,17H,1,4-5,8-11,16H2. The molecule has 3 N–H and O–H groups in total. The van der Waals surface area contributed by atoms with E-state index in [-0.39, 0.29) is 5.41 Å². The molecular formula is C15H21NO. The lowest BCUT2D eigenvalue weighted by molar-refractivity contribution is -0.0756. The highest BCUT2D eigenvalue weighted by molar-refractivity contribution is 5.48. The average molecular weight is 231 g/mol. The first-order valence-electron chi connectivity index (χ1n) is 6.73. The molecule has 0 aromatic heterocycles. The Balaban J connectivity index is 2.00. The number of hydrogen-bond donors (Lipinski definition) is 2. The second-order valence-electron chi connectivity index (χ2n) is 5.71. The molecule has 0 radical (unpaired) electrons. The summed E-state index contributed by atoms with van der Waals surface area (Å²) in [6.07, 6.45) is 6.32. The molecule has 3 rings (SSSR count). The summed E-state index contributed by atoms with van der Waals surface area (Å²) in [6, 6.07) is 8.45. The number of fused-ring (bicyclic) bond motifs is 1. The normalized spacial score (nSPS) is 30.5. The molecule has 2 nitrogen and oxygen atoms in total. The summed E-state index contributed by atoms with van der Waals surface area (Å²) in [7, 11) is 0. The van der Waals surface area contributed by atoms with Crippen molar-refractivity contribution in [3.63, 3.8) is 0 Å². The van der Waals surface area contributed by atoms with Crippen LogP contribution in [-0.4, -0.2) is 17.3 Å². The molecule has 0 spiro atoms. The molecule has 17 heavy (non-hydrogen) atoms. The Hall–Kier alpha value is -0.860. The summed E-state index contributed by atoms with van der Waals surface area (Å²) in [5, 5.41) is 11.0. The fraction of sp³-hybridized carbons (Fsp3) is 0.600. The van der Waals surface area contributed by atoms with Crippen LogP contribution in [0.3, 0.4) is 0 Å². The molecule has 2 aliphatic rings. The molecule has 0 bridgehead atoms. The Morgan fingerprint density at radius 2 is 1.82 bits per heavy atom. The molecule has 1 aromatic rings. The highest BCUT2D eigenvalue weighted by atomic mass is 16.3. The molecule has 0 saturated heterocycles. The molecule has 1 unspecified atom stereocenters. The smallest absolute Gasteiger partial charge is 0.0759 e. The summed E-state index contributed by atoms with van der Waals surface area (Å²) >= 11 is 0. The van der Waals surface area contributed by atoms with Crippen molar-refractivity contribution in [3.8, 4) is 0 Å². The lowest BCUT2D eigenvalue weighted by Gasteiger charge is -2.55. The fourth-order valence-corrected chi connectivity index (χ4v) is 3.86. The first kappa shape index (κ1) is 11.2. The van der Waals surface area contributed by atoms with Crippen LogP contribution in [0.15, 0.2) is 24.3 Å². The molecule has 1 atom stereocenters. The minimum Gasteiger partial charge on any atom is -0.389 e. The first-order chi connectivity index (χ1) is 8.22. The number of nitrogens with two attached hydrogens (primary N) is 1. The minimum atomic E-state index is -0.561. The zero-order valence-corrected chi connectivity index (χ0v) is 10.3. The molecule has 1 aromatic carbocycles. The Bertz CT molecular complexity index is 423. The van der Waals surface area contributed by atoms with Crippen LogP contribution in [0, 0.1) is 0 Å². The first-order valence-corrected chi connectivity index (χ1v) is 6.73. The molecule has 92 valence electrons. The van der Waals surface area contributed by atoms with Crippen molar-refractivity contribution in [2.24, 2.45) is 5.73 Å². The summed E-state index contributed by atoms with van der Waals surface area (Å²) in [4.78, 5) is 0. The van der Waals surface area contributed by atoms with Crippen LogP contribution in [0.25, 0.3) is 0 Å². The van der Waals surface area contributed by atoms with Gasteiger partial charge in [-0.15, -0.1) is 0 Å². The van der Waals surface area contributed by atoms with Gasteiger partial charge in [0.05, 0.1) is 5.60 Å². The van der Waals surface area contributed by atoms with E-state index in [9.17, 15) is 5.11 Å². The maximum atomic E-state index is 11.0. The zero-order valence-electron chi connectivity index (χ0n) is 10.3. The van der Waals surface area contributed by atoms with Gasteiger partial charge in [0.25, 0.3) is 0 Å². The lowest BCUT2D eigenvalue weighted by Crippen LogP contribution is -2.62. The molecule has 0 heterocycles. The zero-order chi connectivity index (χ0) is 11.9. The second-order valence-corrected chi connectivity index (χ2v) is 5.71. The highest BCUT2D eigenvalue weighted by Gasteiger charge is 2.56. The Morgan fingerprint density at radius 3 is 2.47 bits per heavy atom. The van der Waals surface area contributed by atoms with Crippen molar-refractivity contribution in [3.05, 3.63) is 35.4 Å². The number of hydrogen-bond acceptors (Lipinski definition) is 2. The predicted molar refractivity (Wildman–Crippen MR) is 68.9 cm³/mol. The van der Waals surface area contributed by atoms with Crippen LogP contribution in [0.1, 0.15) is 43.2 Å². The summed E-state index contributed by atoms with van der Waals surface area (Å²) in [5.74, 6) is 0. The maximum absolute atomic E-state index is 11.0. The van der Waals surface area contributed by atoms with E-state index in [0.29, 0.717) is 6.54 Å². The van der Waals surface area contributed by atoms with Gasteiger partial charge in [0.15, 0.2) is 0 Å². The maximum Gasteiger partial charge on any atom is 0.0759 e. The third-order valence-electron chi connectivity index (χ3n) is 4.95. The van der Waals surface area contributed by atoms with Gasteiger partial charge in [-0.1, -0.05) is 43.5 Å². The van der Waals surface area contributed by atoms with Gasteiger partial charge >= 0.3 is 0 Å². The number of benzene rings is 1. The molecule has 1 fully saturated rings. The molecule has 2 heteroatoms. The van der Waals surface area contributed by atoms with E-state index >= 15 is 0 Å². The summed E-state index contributed by atoms with van der Waals surface area (Å²) in [6.45, 7) is 0.570. The van der Waals surface area contributed by atoms with Crippen LogP contribution in [0.5, 0.6) is 0 Å². The van der Waals surface area contributed by atoms with Crippen LogP contribution in [0.4, 0.5) is 0 Å². The van der Waals surface area contributed by atoms with Crippen molar-refractivity contribution in [2.75, 3.05) is 6.54 Å². The van der Waals surface area contributed by atoms with E-state index in [1.54, 1.807) is 0 Å². The van der Waals surface area contributed by atoms with E-state index in [1.807, 2.05) is 0 Å². The Morgan fingerprint density at radius 1 is 1.12 bits per heavy atom. The quantitative estimate of drug-likeness (QED) is 0.819. The Labute approximate surface area is 103 Å². The van der Waals surface area contributed by atoms with E-state index in [4.69, 9.17) is 5.73 Å². The minimum absolute atomic E-state index is 0.163. The van der Waals surface area contributed by atoms with E-state index in [2.05, 4.69) is 24.3 Å². The van der Waals surface area contributed by atoms with Gasteiger partial charge in [-0.3, -0.25) is 0 Å². The molecule has 0 amide bonds. The summed E-state index contributed by atoms with van der Waals surface area (Å²) in [5.41, 5.74) is 7.99. The lowest BCUT2D eigenvalue weighted by atomic mass is 9.52. The summed E-state index contributed by atoms with van der Waals surface area (Å²) < 4.78 is 0. The van der Waals surface area contributed by atoms with Gasteiger partial charge < -0.3 is 10.8 Å². The third kappa shape index (κ3) is 1.40. The molecular weight excluding hydrogens is 210 g/mol. The number of rotatable bonds is 2. The second kappa shape index (κ2) is 3.82. The van der Waals surface area contributed by atoms with Gasteiger partial charge in [-0.05, 0) is 30.4 Å². The van der Waals surface area contributed by atoms with Crippen LogP contribution in [0.2, 0.25) is 0 Å². The molecule has 0 aliphatic heterocycles. The van der Waals surface area contributed by atoms with Crippen molar-refractivity contribution in [1.82, 2.24) is 0 Å². The highest BCUT2D eigenvalue weighted by Crippen LogP contribution is 2.52. The predicted octanol–water partition coefficient (Wildman–Crippen LogP) is 2.13. The fourth-order valence-electron chi connectivity index (χ4n) is 3.86. The SMILES string of the molecule is NCC1(C2(O)CCCCC2)Cc2ccccc21. The Kier molecular flexibility index (Phi) is 2.53. The van der Waals surface area contributed by atoms with E-state index in [1.165, 1.54) is 17.5 Å². The third-order valence-corrected chi connectivity index (χ3v) is 4.95. The van der Waals surface area contributed by atoms with Gasteiger partial charge in [0.1, 0.15) is 0 Å². The number of aliphatic hydroxyl groups is 1. The average Bonchev–Trinajstić information content (AvgIpc) is 2.32. The van der Waals surface area contributed by atoms with Crippen molar-refractivity contribution >= 4 is 0 Å². The largest absolute Gasteiger partial charge is 0.389 e. The van der Waals surface area contributed by atoms with Crippen LogP contribution >= 0.6 is 0 Å². The van der Waals surface area contributed by atoms with Gasteiger partial charge in [0.2, 0.25) is 0 Å². The van der Waals surface area contributed by atoms with Crippen LogP contribution < -0.4 is 5.73 Å².